The van der Waals surface area contributed by atoms with Crippen LogP contribution in [0.25, 0.3) is 11.4 Å². The smallest absolute Gasteiger partial charge is 0.362 e. The van der Waals surface area contributed by atoms with Crippen molar-refractivity contribution in [3.63, 3.8) is 0 Å². The van der Waals surface area contributed by atoms with Crippen molar-refractivity contribution in [2.24, 2.45) is 0 Å². The Balaban J connectivity index is 0.000000195. The summed E-state index contributed by atoms with van der Waals surface area (Å²) in [5, 5.41) is 19.5. The Morgan fingerprint density at radius 2 is 1.22 bits per heavy atom. The molecule has 0 aliphatic rings. The molecular formula is C32H28N10O8. The highest BCUT2D eigenvalue weighted by atomic mass is 16.6. The molecule has 18 heteroatoms. The van der Waals surface area contributed by atoms with E-state index in [1.807, 2.05) is 0 Å². The van der Waals surface area contributed by atoms with E-state index in [9.17, 15) is 19.7 Å². The summed E-state index contributed by atoms with van der Waals surface area (Å²) in [6.07, 6.45) is 12.2. The number of carbonyl (C=O) groups excluding carboxylic acids is 2. The minimum Gasteiger partial charge on any atom is -0.461 e. The summed E-state index contributed by atoms with van der Waals surface area (Å²) in [6, 6.07) is 13.0. The molecule has 0 aliphatic heterocycles. The quantitative estimate of drug-likeness (QED) is 0.111. The zero-order valence-electron chi connectivity index (χ0n) is 26.5. The monoisotopic (exact) mass is 680 g/mol. The Labute approximate surface area is 283 Å². The van der Waals surface area contributed by atoms with E-state index in [4.69, 9.17) is 24.7 Å². The number of nitro groups is 1. The van der Waals surface area contributed by atoms with Crippen molar-refractivity contribution in [1.82, 2.24) is 39.5 Å². The number of anilines is 1. The third-order valence-electron chi connectivity index (χ3n) is 6.28. The van der Waals surface area contributed by atoms with Crippen molar-refractivity contribution < 1.29 is 33.5 Å². The third kappa shape index (κ3) is 8.18. The Morgan fingerprint density at radius 3 is 1.68 bits per heavy atom. The van der Waals surface area contributed by atoms with Gasteiger partial charge in [-0.05, 0) is 56.3 Å². The molecule has 0 saturated heterocycles. The number of aromatic nitrogens is 8. The molecule has 0 aromatic carbocycles. The van der Waals surface area contributed by atoms with E-state index in [0.717, 1.165) is 0 Å². The predicted molar refractivity (Wildman–Crippen MR) is 174 cm³/mol. The maximum atomic E-state index is 12.2. The zero-order valence-corrected chi connectivity index (χ0v) is 26.5. The molecule has 6 rings (SSSR count). The molecule has 0 fully saturated rings. The lowest BCUT2D eigenvalue weighted by Gasteiger charge is -2.06. The van der Waals surface area contributed by atoms with Crippen LogP contribution in [0.15, 0.2) is 98.1 Å². The molecule has 2 N–H and O–H groups in total. The topological polar surface area (TPSA) is 227 Å². The van der Waals surface area contributed by atoms with Crippen molar-refractivity contribution >= 4 is 23.3 Å². The lowest BCUT2D eigenvalue weighted by atomic mass is 10.4. The molecule has 0 amide bonds. The van der Waals surface area contributed by atoms with Crippen molar-refractivity contribution in [3.8, 4) is 34.6 Å². The van der Waals surface area contributed by atoms with Gasteiger partial charge < -0.3 is 24.7 Å². The van der Waals surface area contributed by atoms with Crippen LogP contribution in [-0.4, -0.2) is 69.6 Å². The van der Waals surface area contributed by atoms with Gasteiger partial charge in [0.2, 0.25) is 17.3 Å². The van der Waals surface area contributed by atoms with Gasteiger partial charge in [-0.3, -0.25) is 20.1 Å². The lowest BCUT2D eigenvalue weighted by Crippen LogP contribution is -2.08. The number of ether oxygens (including phenoxy) is 4. The molecule has 0 bridgehead atoms. The molecule has 0 saturated carbocycles. The minimum atomic E-state index is -0.719. The van der Waals surface area contributed by atoms with Crippen LogP contribution in [0.2, 0.25) is 0 Å². The van der Waals surface area contributed by atoms with Gasteiger partial charge in [0.1, 0.15) is 0 Å². The summed E-state index contributed by atoms with van der Waals surface area (Å²) in [5.41, 5.74) is 6.99. The van der Waals surface area contributed by atoms with Crippen molar-refractivity contribution in [2.75, 3.05) is 18.9 Å². The molecule has 0 unspecified atom stereocenters. The number of carbonyl (C=O) groups is 2. The molecule has 6 aromatic rings. The lowest BCUT2D eigenvalue weighted by molar-refractivity contribution is -0.386. The van der Waals surface area contributed by atoms with Crippen LogP contribution in [0.4, 0.5) is 11.4 Å². The molecular weight excluding hydrogens is 652 g/mol. The van der Waals surface area contributed by atoms with Crippen LogP contribution in [0.1, 0.15) is 34.8 Å². The average molecular weight is 681 g/mol. The van der Waals surface area contributed by atoms with Crippen molar-refractivity contribution in [1.29, 1.82) is 0 Å². The summed E-state index contributed by atoms with van der Waals surface area (Å²) in [5.74, 6) is -1.20. The van der Waals surface area contributed by atoms with Crippen molar-refractivity contribution in [2.45, 2.75) is 13.8 Å². The fraction of sp³-hybridized carbons (Fsp3) is 0.125. The molecule has 50 heavy (non-hydrogen) atoms. The highest BCUT2D eigenvalue weighted by Crippen LogP contribution is 2.32. The van der Waals surface area contributed by atoms with Crippen molar-refractivity contribution in [3.05, 3.63) is 120 Å². The van der Waals surface area contributed by atoms with Crippen LogP contribution < -0.4 is 15.2 Å². The van der Waals surface area contributed by atoms with Crippen LogP contribution in [0.3, 0.4) is 0 Å². The van der Waals surface area contributed by atoms with Gasteiger partial charge in [0.15, 0.2) is 11.5 Å². The summed E-state index contributed by atoms with van der Waals surface area (Å²) in [4.78, 5) is 50.7. The maximum Gasteiger partial charge on any atom is 0.362 e. The first kappa shape index (κ1) is 34.1. The highest BCUT2D eigenvalue weighted by molar-refractivity contribution is 5.91. The molecule has 0 spiro atoms. The standard InChI is InChI=1S/C16H13N5O5.C16H15N5O3/c1-2-25-16(22)14-13(10-20(19-14)11-5-3-7-17-9-11)26-15-12(21(23)24)6-4-8-18-15;1-2-23-16(22)14-13(24-15-12(17)6-4-8-19-15)10-21(20-14)11-5-3-7-18-9-11/h3-10H,2H2,1H3;3-10H,2,17H2,1H3. The minimum absolute atomic E-state index is 0.0193. The molecule has 254 valence electrons. The fourth-order valence-electron chi connectivity index (χ4n) is 4.09. The number of nitrogens with two attached hydrogens (primary N) is 1. The summed E-state index contributed by atoms with van der Waals surface area (Å²) in [7, 11) is 0. The number of nitrogen functional groups attached to an aromatic ring is 1. The first-order valence-corrected chi connectivity index (χ1v) is 14.8. The molecule has 18 nitrogen and oxygen atoms in total. The van der Waals surface area contributed by atoms with Gasteiger partial charge in [0, 0.05) is 30.9 Å². The van der Waals surface area contributed by atoms with Gasteiger partial charge in [0.25, 0.3) is 5.88 Å². The van der Waals surface area contributed by atoms with Crippen LogP contribution in [0, 0.1) is 10.1 Å². The number of esters is 2. The Hall–Kier alpha value is -7.24. The van der Waals surface area contributed by atoms with E-state index in [1.54, 1.807) is 81.2 Å². The molecule has 0 aliphatic carbocycles. The van der Waals surface area contributed by atoms with E-state index < -0.39 is 16.9 Å². The fourth-order valence-corrected chi connectivity index (χ4v) is 4.09. The van der Waals surface area contributed by atoms with Gasteiger partial charge >= 0.3 is 17.6 Å². The summed E-state index contributed by atoms with van der Waals surface area (Å²) >= 11 is 0. The SMILES string of the molecule is CCOC(=O)c1nn(-c2cccnc2)cc1Oc1ncccc1N.CCOC(=O)c1nn(-c2cccnc2)cc1Oc1ncccc1[N+](=O)[O-]. The predicted octanol–water partition coefficient (Wildman–Crippen LogP) is 4.75. The molecule has 6 aromatic heterocycles. The first-order chi connectivity index (χ1) is 24.3. The van der Waals surface area contributed by atoms with Crippen LogP contribution >= 0.6 is 0 Å². The number of pyridine rings is 4. The van der Waals surface area contributed by atoms with Gasteiger partial charge in [-0.1, -0.05) is 0 Å². The Kier molecular flexibility index (Phi) is 10.9. The van der Waals surface area contributed by atoms with Crippen LogP contribution in [-0.2, 0) is 9.47 Å². The number of hydrogen-bond donors (Lipinski definition) is 1. The van der Waals surface area contributed by atoms with Gasteiger partial charge in [-0.2, -0.15) is 10.2 Å². The van der Waals surface area contributed by atoms with E-state index >= 15 is 0 Å². The van der Waals surface area contributed by atoms with E-state index in [2.05, 4.69) is 30.1 Å². The highest BCUT2D eigenvalue weighted by Gasteiger charge is 2.25. The van der Waals surface area contributed by atoms with E-state index in [1.165, 1.54) is 40.1 Å². The zero-order chi connectivity index (χ0) is 35.5. The number of hydrogen-bond acceptors (Lipinski definition) is 15. The van der Waals surface area contributed by atoms with Gasteiger partial charge in [-0.15, -0.1) is 0 Å². The van der Waals surface area contributed by atoms with E-state index in [-0.39, 0.29) is 53.5 Å². The molecule has 6 heterocycles. The second kappa shape index (κ2) is 16.0. The Bertz CT molecular complexity index is 2090. The summed E-state index contributed by atoms with van der Waals surface area (Å²) in [6.45, 7) is 3.74. The summed E-state index contributed by atoms with van der Waals surface area (Å²) < 4.78 is 24.0. The van der Waals surface area contributed by atoms with Crippen LogP contribution in [0.5, 0.6) is 23.3 Å². The molecule has 0 atom stereocenters. The third-order valence-corrected chi connectivity index (χ3v) is 6.28. The normalized spacial score (nSPS) is 10.4. The first-order valence-electron chi connectivity index (χ1n) is 14.8. The number of rotatable bonds is 11. The second-order valence-electron chi connectivity index (χ2n) is 9.62. The van der Waals surface area contributed by atoms with Gasteiger partial charge in [0.05, 0.1) is 60.0 Å². The second-order valence-corrected chi connectivity index (χ2v) is 9.62. The largest absolute Gasteiger partial charge is 0.461 e. The maximum absolute atomic E-state index is 12.2. The average Bonchev–Trinajstić information content (AvgIpc) is 3.76. The van der Waals surface area contributed by atoms with Gasteiger partial charge in [-0.25, -0.2) is 28.9 Å². The Morgan fingerprint density at radius 1 is 0.740 bits per heavy atom. The number of nitrogens with zero attached hydrogens (tertiary/aromatic N) is 9. The van der Waals surface area contributed by atoms with E-state index in [0.29, 0.717) is 17.1 Å². The molecule has 0 radical (unpaired) electrons.